The fourth-order valence-corrected chi connectivity index (χ4v) is 5.34. The van der Waals surface area contributed by atoms with Crippen LogP contribution in [0.4, 0.5) is 0 Å². The third-order valence-corrected chi connectivity index (χ3v) is 7.28. The van der Waals surface area contributed by atoms with Gasteiger partial charge in [0.15, 0.2) is 14.6 Å². The molecule has 9 heteroatoms. The number of ether oxygens (including phenoxy) is 1. The summed E-state index contributed by atoms with van der Waals surface area (Å²) < 4.78 is 33.2. The van der Waals surface area contributed by atoms with Crippen LogP contribution in [0.5, 0.6) is 5.75 Å². The first-order valence-corrected chi connectivity index (χ1v) is 12.0. The Hall–Kier alpha value is -2.16. The number of carbonyl (C=O) groups is 1. The van der Waals surface area contributed by atoms with Crippen molar-refractivity contribution < 1.29 is 17.9 Å². The Morgan fingerprint density at radius 2 is 1.90 bits per heavy atom. The first kappa shape index (κ1) is 21.5. The number of benzene rings is 2. The van der Waals surface area contributed by atoms with Gasteiger partial charge < -0.3 is 9.30 Å². The molecule has 2 aromatic carbocycles. The van der Waals surface area contributed by atoms with Gasteiger partial charge in [-0.1, -0.05) is 22.9 Å². The zero-order valence-corrected chi connectivity index (χ0v) is 18.5. The largest absolute Gasteiger partial charge is 0.494 e. The number of aromatic nitrogens is 1. The molecule has 3 rings (SSSR count). The Labute approximate surface area is 178 Å². The number of amides is 1. The number of thiazole rings is 1. The number of carbonyl (C=O) groups excluding carboxylic acids is 1. The Morgan fingerprint density at radius 3 is 2.55 bits per heavy atom. The van der Waals surface area contributed by atoms with Crippen LogP contribution in [0.25, 0.3) is 10.2 Å². The summed E-state index contributed by atoms with van der Waals surface area (Å²) >= 11 is 7.18. The topological polar surface area (TPSA) is 77.7 Å². The molecule has 0 aliphatic heterocycles. The van der Waals surface area contributed by atoms with E-state index in [0.29, 0.717) is 23.0 Å². The Kier molecular flexibility index (Phi) is 6.77. The van der Waals surface area contributed by atoms with E-state index in [1.807, 2.05) is 36.6 Å². The molecular weight excluding hydrogens is 432 g/mol. The number of nitrogens with zero attached hydrogens (tertiary/aromatic N) is 2. The van der Waals surface area contributed by atoms with Gasteiger partial charge in [0.2, 0.25) is 5.91 Å². The van der Waals surface area contributed by atoms with Crippen molar-refractivity contribution >= 4 is 48.9 Å². The summed E-state index contributed by atoms with van der Waals surface area (Å²) in [5.41, 5.74) is 0.960. The van der Waals surface area contributed by atoms with E-state index in [4.69, 9.17) is 16.3 Å². The molecule has 0 N–H and O–H groups in total. The quantitative estimate of drug-likeness (QED) is 0.541. The van der Waals surface area contributed by atoms with Crippen LogP contribution < -0.4 is 9.54 Å². The Morgan fingerprint density at radius 1 is 1.17 bits per heavy atom. The van der Waals surface area contributed by atoms with Gasteiger partial charge in [-0.25, -0.2) is 8.42 Å². The number of hydrogen-bond acceptors (Lipinski definition) is 5. The molecule has 0 radical (unpaired) electrons. The van der Waals surface area contributed by atoms with Crippen molar-refractivity contribution in [1.29, 1.82) is 0 Å². The smallest absolute Gasteiger partial charge is 0.249 e. The van der Waals surface area contributed by atoms with E-state index in [9.17, 15) is 13.2 Å². The molecule has 0 bridgehead atoms. The lowest BCUT2D eigenvalue weighted by molar-refractivity contribution is -0.117. The number of fused-ring (bicyclic) bond motifs is 1. The predicted octanol–water partition coefficient (Wildman–Crippen LogP) is 4.07. The third-order valence-electron chi connectivity index (χ3n) is 4.26. The molecule has 154 valence electrons. The lowest BCUT2D eigenvalue weighted by atomic mass is 10.3. The van der Waals surface area contributed by atoms with Crippen molar-refractivity contribution in [3.63, 3.8) is 0 Å². The van der Waals surface area contributed by atoms with Crippen LogP contribution in [0.15, 0.2) is 52.4 Å². The van der Waals surface area contributed by atoms with Crippen LogP contribution in [0, 0.1) is 0 Å². The molecule has 0 unspecified atom stereocenters. The molecule has 1 amide bonds. The van der Waals surface area contributed by atoms with Crippen molar-refractivity contribution in [2.24, 2.45) is 4.99 Å². The van der Waals surface area contributed by atoms with Gasteiger partial charge in [0.05, 0.1) is 27.5 Å². The lowest BCUT2D eigenvalue weighted by Gasteiger charge is -2.04. The minimum atomic E-state index is -3.58. The minimum absolute atomic E-state index is 0.142. The maximum atomic E-state index is 12.4. The van der Waals surface area contributed by atoms with E-state index in [-0.39, 0.29) is 17.1 Å². The number of aryl methyl sites for hydroxylation is 1. The highest BCUT2D eigenvalue weighted by Gasteiger charge is 2.16. The summed E-state index contributed by atoms with van der Waals surface area (Å²) in [6.45, 7) is 5.10. The highest BCUT2D eigenvalue weighted by molar-refractivity contribution is 7.91. The Balaban J connectivity index is 1.82. The normalized spacial score (nSPS) is 12.4. The number of hydrogen-bond donors (Lipinski definition) is 0. The van der Waals surface area contributed by atoms with Crippen LogP contribution in [-0.2, 0) is 21.2 Å². The molecule has 3 aromatic rings. The molecule has 0 saturated carbocycles. The maximum absolute atomic E-state index is 12.4. The van der Waals surface area contributed by atoms with Crippen LogP contribution in [0.1, 0.15) is 20.3 Å². The maximum Gasteiger partial charge on any atom is 0.249 e. The molecule has 0 fully saturated rings. The van der Waals surface area contributed by atoms with Gasteiger partial charge in [-0.2, -0.15) is 4.99 Å². The second kappa shape index (κ2) is 9.11. The SMILES string of the molecule is CCOc1ccc2c(c1)sc(=NC(=O)CCS(=O)(=O)c1ccc(Cl)cc1)n2CC. The second-order valence-electron chi connectivity index (χ2n) is 6.22. The van der Waals surface area contributed by atoms with Crippen molar-refractivity contribution in [1.82, 2.24) is 4.57 Å². The van der Waals surface area contributed by atoms with Crippen LogP contribution in [0.2, 0.25) is 5.02 Å². The van der Waals surface area contributed by atoms with Crippen molar-refractivity contribution in [3.05, 3.63) is 52.3 Å². The summed E-state index contributed by atoms with van der Waals surface area (Å²) in [6, 6.07) is 11.6. The van der Waals surface area contributed by atoms with E-state index < -0.39 is 15.7 Å². The average Bonchev–Trinajstić information content (AvgIpc) is 3.03. The summed E-state index contributed by atoms with van der Waals surface area (Å²) in [7, 11) is -3.58. The monoisotopic (exact) mass is 452 g/mol. The number of halogens is 1. The number of sulfone groups is 1. The van der Waals surface area contributed by atoms with Crippen molar-refractivity contribution in [2.45, 2.75) is 31.7 Å². The third kappa shape index (κ3) is 5.07. The van der Waals surface area contributed by atoms with Gasteiger partial charge in [-0.15, -0.1) is 0 Å². The standard InChI is InChI=1S/C20H21ClN2O4S2/c1-3-23-17-10-7-15(27-4-2)13-18(17)28-20(23)22-19(24)11-12-29(25,26)16-8-5-14(21)6-9-16/h5-10,13H,3-4,11-12H2,1-2H3. The molecule has 0 aliphatic rings. The predicted molar refractivity (Wildman–Crippen MR) is 115 cm³/mol. The van der Waals surface area contributed by atoms with E-state index in [0.717, 1.165) is 16.0 Å². The molecule has 29 heavy (non-hydrogen) atoms. The van der Waals surface area contributed by atoms with Crippen LogP contribution in [0.3, 0.4) is 0 Å². The van der Waals surface area contributed by atoms with Gasteiger partial charge in [0.1, 0.15) is 5.75 Å². The van der Waals surface area contributed by atoms with Gasteiger partial charge >= 0.3 is 0 Å². The molecule has 0 aliphatic carbocycles. The van der Waals surface area contributed by atoms with Crippen LogP contribution >= 0.6 is 22.9 Å². The Bertz CT molecular complexity index is 1200. The minimum Gasteiger partial charge on any atom is -0.494 e. The first-order chi connectivity index (χ1) is 13.8. The molecular formula is C20H21ClN2O4S2. The first-order valence-electron chi connectivity index (χ1n) is 9.16. The fourth-order valence-electron chi connectivity index (χ4n) is 2.84. The molecule has 1 aromatic heterocycles. The second-order valence-corrected chi connectivity index (χ2v) is 9.77. The zero-order chi connectivity index (χ0) is 21.0. The van der Waals surface area contributed by atoms with E-state index in [1.165, 1.54) is 35.6 Å². The van der Waals surface area contributed by atoms with Crippen LogP contribution in [-0.4, -0.2) is 31.3 Å². The van der Waals surface area contributed by atoms with Crippen molar-refractivity contribution in [2.75, 3.05) is 12.4 Å². The van der Waals surface area contributed by atoms with Gasteiger partial charge in [-0.05, 0) is 56.3 Å². The molecule has 0 atom stereocenters. The van der Waals surface area contributed by atoms with E-state index >= 15 is 0 Å². The average molecular weight is 453 g/mol. The molecule has 0 spiro atoms. The summed E-state index contributed by atoms with van der Waals surface area (Å²) in [5.74, 6) is -0.0135. The summed E-state index contributed by atoms with van der Waals surface area (Å²) in [5, 5.41) is 0.455. The highest BCUT2D eigenvalue weighted by atomic mass is 35.5. The molecule has 6 nitrogen and oxygen atoms in total. The lowest BCUT2D eigenvalue weighted by Crippen LogP contribution is -2.17. The van der Waals surface area contributed by atoms with Gasteiger partial charge in [0, 0.05) is 18.0 Å². The highest BCUT2D eigenvalue weighted by Crippen LogP contribution is 2.23. The van der Waals surface area contributed by atoms with Gasteiger partial charge in [-0.3, -0.25) is 4.79 Å². The van der Waals surface area contributed by atoms with Crippen molar-refractivity contribution in [3.8, 4) is 5.75 Å². The summed E-state index contributed by atoms with van der Waals surface area (Å²) in [4.78, 5) is 17.2. The number of rotatable bonds is 7. The fraction of sp³-hybridized carbons (Fsp3) is 0.300. The van der Waals surface area contributed by atoms with E-state index in [1.54, 1.807) is 0 Å². The zero-order valence-electron chi connectivity index (χ0n) is 16.1. The molecule has 0 saturated heterocycles. The molecule has 1 heterocycles. The summed E-state index contributed by atoms with van der Waals surface area (Å²) in [6.07, 6.45) is -0.187. The van der Waals surface area contributed by atoms with Gasteiger partial charge in [0.25, 0.3) is 0 Å². The van der Waals surface area contributed by atoms with E-state index in [2.05, 4.69) is 4.99 Å².